The SMILES string of the molecule is Clc1ccc(C2CCC(NC3CCOCC3)c3ccsc32)cc1Cl. The van der Waals surface area contributed by atoms with Crippen LogP contribution in [0.25, 0.3) is 0 Å². The van der Waals surface area contributed by atoms with Crippen LogP contribution < -0.4 is 5.32 Å². The Balaban J connectivity index is 1.56. The highest BCUT2D eigenvalue weighted by atomic mass is 35.5. The first-order chi connectivity index (χ1) is 11.7. The van der Waals surface area contributed by atoms with Gasteiger partial charge >= 0.3 is 0 Å². The summed E-state index contributed by atoms with van der Waals surface area (Å²) in [6.45, 7) is 1.76. The second-order valence-electron chi connectivity index (χ2n) is 6.65. The minimum Gasteiger partial charge on any atom is -0.381 e. The third kappa shape index (κ3) is 3.38. The molecular formula is C19H21Cl2NOS. The molecule has 1 aromatic carbocycles. The lowest BCUT2D eigenvalue weighted by molar-refractivity contribution is 0.0740. The van der Waals surface area contributed by atoms with E-state index in [9.17, 15) is 0 Å². The van der Waals surface area contributed by atoms with E-state index in [1.807, 2.05) is 23.5 Å². The molecule has 1 saturated heterocycles. The van der Waals surface area contributed by atoms with Crippen molar-refractivity contribution in [1.29, 1.82) is 0 Å². The van der Waals surface area contributed by atoms with Crippen molar-refractivity contribution in [1.82, 2.24) is 5.32 Å². The zero-order valence-electron chi connectivity index (χ0n) is 13.4. The molecule has 4 rings (SSSR count). The van der Waals surface area contributed by atoms with Gasteiger partial charge in [0, 0.05) is 36.1 Å². The summed E-state index contributed by atoms with van der Waals surface area (Å²) in [5, 5.41) is 7.37. The Labute approximate surface area is 157 Å². The molecule has 2 heterocycles. The van der Waals surface area contributed by atoms with Crippen LogP contribution in [0.2, 0.25) is 10.0 Å². The van der Waals surface area contributed by atoms with Crippen LogP contribution in [0, 0.1) is 0 Å². The number of rotatable bonds is 3. The number of halogens is 2. The normalized spacial score (nSPS) is 24.8. The van der Waals surface area contributed by atoms with Gasteiger partial charge in [0.05, 0.1) is 10.0 Å². The van der Waals surface area contributed by atoms with Gasteiger partial charge in [-0.2, -0.15) is 0 Å². The Hall–Kier alpha value is -0.580. The topological polar surface area (TPSA) is 21.3 Å². The van der Waals surface area contributed by atoms with E-state index in [0.717, 1.165) is 38.9 Å². The highest BCUT2D eigenvalue weighted by Gasteiger charge is 2.31. The van der Waals surface area contributed by atoms with Crippen molar-refractivity contribution in [2.45, 2.75) is 43.7 Å². The fraction of sp³-hybridized carbons (Fsp3) is 0.474. The maximum atomic E-state index is 6.24. The average Bonchev–Trinajstić information content (AvgIpc) is 3.09. The fourth-order valence-corrected chi connectivity index (χ4v) is 5.32. The molecule has 1 N–H and O–H groups in total. The van der Waals surface area contributed by atoms with Crippen LogP contribution >= 0.6 is 34.5 Å². The monoisotopic (exact) mass is 381 g/mol. The van der Waals surface area contributed by atoms with Crippen molar-refractivity contribution >= 4 is 34.5 Å². The van der Waals surface area contributed by atoms with Crippen molar-refractivity contribution in [3.63, 3.8) is 0 Å². The van der Waals surface area contributed by atoms with Crippen molar-refractivity contribution in [3.8, 4) is 0 Å². The van der Waals surface area contributed by atoms with Gasteiger partial charge in [-0.05, 0) is 60.4 Å². The summed E-state index contributed by atoms with van der Waals surface area (Å²) in [5.41, 5.74) is 2.74. The van der Waals surface area contributed by atoms with Crippen molar-refractivity contribution in [2.24, 2.45) is 0 Å². The number of hydrogen-bond acceptors (Lipinski definition) is 3. The van der Waals surface area contributed by atoms with Gasteiger partial charge in [-0.15, -0.1) is 11.3 Å². The average molecular weight is 382 g/mol. The van der Waals surface area contributed by atoms with E-state index in [2.05, 4.69) is 22.8 Å². The Kier molecular flexibility index (Phi) is 5.16. The Bertz CT molecular complexity index is 711. The highest BCUT2D eigenvalue weighted by molar-refractivity contribution is 7.10. The maximum absolute atomic E-state index is 6.24. The van der Waals surface area contributed by atoms with Crippen molar-refractivity contribution in [3.05, 3.63) is 55.7 Å². The quantitative estimate of drug-likeness (QED) is 0.725. The molecule has 0 spiro atoms. The van der Waals surface area contributed by atoms with Crippen LogP contribution in [-0.4, -0.2) is 19.3 Å². The minimum absolute atomic E-state index is 0.433. The van der Waals surface area contributed by atoms with Crippen molar-refractivity contribution in [2.75, 3.05) is 13.2 Å². The molecule has 0 saturated carbocycles. The molecule has 24 heavy (non-hydrogen) atoms. The first-order valence-electron chi connectivity index (χ1n) is 8.58. The summed E-state index contributed by atoms with van der Waals surface area (Å²) < 4.78 is 5.48. The second kappa shape index (κ2) is 7.35. The molecule has 2 nitrogen and oxygen atoms in total. The largest absolute Gasteiger partial charge is 0.381 e. The van der Waals surface area contributed by atoms with Gasteiger partial charge in [0.2, 0.25) is 0 Å². The Morgan fingerprint density at radius 1 is 1.00 bits per heavy atom. The molecule has 0 bridgehead atoms. The summed E-state index contributed by atoms with van der Waals surface area (Å²) in [5.74, 6) is 0.433. The number of nitrogens with one attached hydrogen (secondary N) is 1. The van der Waals surface area contributed by atoms with E-state index in [-0.39, 0.29) is 0 Å². The molecule has 1 aromatic heterocycles. The molecule has 1 aliphatic heterocycles. The second-order valence-corrected chi connectivity index (χ2v) is 8.41. The first kappa shape index (κ1) is 16.9. The zero-order chi connectivity index (χ0) is 16.5. The van der Waals surface area contributed by atoms with E-state index < -0.39 is 0 Å². The first-order valence-corrected chi connectivity index (χ1v) is 10.2. The van der Waals surface area contributed by atoms with Crippen LogP contribution in [0.5, 0.6) is 0 Å². The molecule has 1 fully saturated rings. The molecule has 0 radical (unpaired) electrons. The molecule has 2 aromatic rings. The lowest BCUT2D eigenvalue weighted by Crippen LogP contribution is -2.38. The van der Waals surface area contributed by atoms with E-state index >= 15 is 0 Å². The third-order valence-corrected chi connectivity index (χ3v) is 6.95. The number of fused-ring (bicyclic) bond motifs is 1. The molecule has 5 heteroatoms. The van der Waals surface area contributed by atoms with Crippen LogP contribution in [0.15, 0.2) is 29.6 Å². The minimum atomic E-state index is 0.433. The predicted octanol–water partition coefficient (Wildman–Crippen LogP) is 5.79. The Morgan fingerprint density at radius 2 is 1.83 bits per heavy atom. The van der Waals surface area contributed by atoms with Crippen LogP contribution in [0.3, 0.4) is 0 Å². The van der Waals surface area contributed by atoms with Gasteiger partial charge in [-0.25, -0.2) is 0 Å². The smallest absolute Gasteiger partial charge is 0.0595 e. The summed E-state index contributed by atoms with van der Waals surface area (Å²) in [6.07, 6.45) is 4.54. The lowest BCUT2D eigenvalue weighted by Gasteiger charge is -2.34. The van der Waals surface area contributed by atoms with E-state index in [0.29, 0.717) is 28.0 Å². The van der Waals surface area contributed by atoms with Crippen LogP contribution in [0.4, 0.5) is 0 Å². The number of benzene rings is 1. The molecular weight excluding hydrogens is 361 g/mol. The standard InChI is InChI=1S/C19H21Cl2NOS/c20-16-3-1-12(11-17(16)21)14-2-4-18(15-7-10-24-19(14)15)22-13-5-8-23-9-6-13/h1,3,7,10-11,13-14,18,22H,2,4-6,8-9H2. The molecule has 0 amide bonds. The third-order valence-electron chi connectivity index (χ3n) is 5.17. The highest BCUT2D eigenvalue weighted by Crippen LogP contribution is 2.45. The maximum Gasteiger partial charge on any atom is 0.0595 e. The summed E-state index contributed by atoms with van der Waals surface area (Å²) in [4.78, 5) is 1.48. The summed E-state index contributed by atoms with van der Waals surface area (Å²) >= 11 is 14.2. The van der Waals surface area contributed by atoms with E-state index in [1.54, 1.807) is 0 Å². The number of ether oxygens (including phenoxy) is 1. The van der Waals surface area contributed by atoms with Crippen LogP contribution in [-0.2, 0) is 4.74 Å². The molecule has 1 aliphatic carbocycles. The fourth-order valence-electron chi connectivity index (χ4n) is 3.89. The van der Waals surface area contributed by atoms with E-state index in [4.69, 9.17) is 27.9 Å². The van der Waals surface area contributed by atoms with Gasteiger partial charge in [-0.1, -0.05) is 29.3 Å². The molecule has 2 unspecified atom stereocenters. The molecule has 2 atom stereocenters. The summed E-state index contributed by atoms with van der Waals surface area (Å²) in [7, 11) is 0. The summed E-state index contributed by atoms with van der Waals surface area (Å²) in [6, 6.07) is 9.41. The van der Waals surface area contributed by atoms with Gasteiger partial charge in [0.25, 0.3) is 0 Å². The molecule has 128 valence electrons. The number of thiophene rings is 1. The molecule has 2 aliphatic rings. The predicted molar refractivity (Wildman–Crippen MR) is 102 cm³/mol. The van der Waals surface area contributed by atoms with Gasteiger partial charge in [-0.3, -0.25) is 0 Å². The lowest BCUT2D eigenvalue weighted by atomic mass is 9.81. The van der Waals surface area contributed by atoms with Crippen LogP contribution in [0.1, 0.15) is 53.6 Å². The van der Waals surface area contributed by atoms with Crippen molar-refractivity contribution < 1.29 is 4.74 Å². The van der Waals surface area contributed by atoms with Gasteiger partial charge in [0.15, 0.2) is 0 Å². The van der Waals surface area contributed by atoms with Gasteiger partial charge in [0.1, 0.15) is 0 Å². The zero-order valence-corrected chi connectivity index (χ0v) is 15.8. The van der Waals surface area contributed by atoms with E-state index in [1.165, 1.54) is 16.0 Å². The number of hydrogen-bond donors (Lipinski definition) is 1. The van der Waals surface area contributed by atoms with Gasteiger partial charge < -0.3 is 10.1 Å². The Morgan fingerprint density at radius 3 is 2.62 bits per heavy atom.